The van der Waals surface area contributed by atoms with Crippen LogP contribution < -0.4 is 21.2 Å². The second-order valence-electron chi connectivity index (χ2n) is 7.92. The summed E-state index contributed by atoms with van der Waals surface area (Å²) in [5.41, 5.74) is 9.05. The Labute approximate surface area is 192 Å². The number of hydrogen-bond acceptors (Lipinski definition) is 6. The van der Waals surface area contributed by atoms with E-state index in [9.17, 15) is 9.59 Å². The Morgan fingerprint density at radius 3 is 1.64 bits per heavy atom. The Bertz CT molecular complexity index is 1220. The van der Waals surface area contributed by atoms with Crippen LogP contribution in [0.15, 0.2) is 96.2 Å². The molecule has 4 N–H and O–H groups in total. The number of rotatable bonds is 7. The van der Waals surface area contributed by atoms with Gasteiger partial charge in [0.25, 0.3) is 0 Å². The second-order valence-corrected chi connectivity index (χ2v) is 7.92. The monoisotopic (exact) mass is 440 g/mol. The van der Waals surface area contributed by atoms with Gasteiger partial charge in [-0.2, -0.15) is 5.90 Å². The van der Waals surface area contributed by atoms with Crippen molar-refractivity contribution in [2.24, 2.45) is 17.5 Å². The molecular weight excluding hydrogens is 416 g/mol. The summed E-state index contributed by atoms with van der Waals surface area (Å²) in [6.07, 6.45) is 4.28. The minimum Gasteiger partial charge on any atom is -0.457 e. The number of benzene rings is 3. The van der Waals surface area contributed by atoms with Crippen LogP contribution >= 0.6 is 0 Å². The molecule has 4 rings (SSSR count). The van der Waals surface area contributed by atoms with Gasteiger partial charge in [-0.25, -0.2) is 0 Å². The first-order valence-electron chi connectivity index (χ1n) is 10.5. The van der Waals surface area contributed by atoms with Gasteiger partial charge in [-0.1, -0.05) is 13.0 Å². The molecule has 0 aliphatic heterocycles. The fourth-order valence-corrected chi connectivity index (χ4v) is 3.70. The lowest BCUT2D eigenvalue weighted by Gasteiger charge is -2.18. The van der Waals surface area contributed by atoms with Gasteiger partial charge in [-0.3, -0.25) is 9.59 Å². The van der Waals surface area contributed by atoms with E-state index in [4.69, 9.17) is 16.4 Å². The van der Waals surface area contributed by atoms with E-state index >= 15 is 0 Å². The van der Waals surface area contributed by atoms with Gasteiger partial charge in [-0.15, -0.1) is 0 Å². The largest absolute Gasteiger partial charge is 0.457 e. The third-order valence-corrected chi connectivity index (χ3v) is 5.53. The predicted octanol–water partition coefficient (Wildman–Crippen LogP) is 4.95. The van der Waals surface area contributed by atoms with E-state index in [1.807, 2.05) is 6.92 Å². The number of ether oxygens (including phenoxy) is 1. The molecule has 0 bridgehead atoms. The number of nitrogens with two attached hydrogens (primary N) is 2. The van der Waals surface area contributed by atoms with E-state index in [1.165, 1.54) is 0 Å². The lowest BCUT2D eigenvalue weighted by Crippen LogP contribution is -2.16. The first-order chi connectivity index (χ1) is 15.9. The Hall–Kier alpha value is -4.16. The van der Waals surface area contributed by atoms with Gasteiger partial charge in [-0.05, 0) is 91.2 Å². The van der Waals surface area contributed by atoms with Gasteiger partial charge in [0.2, 0.25) is 0 Å². The Morgan fingerprint density at radius 2 is 1.18 bits per heavy atom. The van der Waals surface area contributed by atoms with Crippen molar-refractivity contribution >= 4 is 11.6 Å². The third-order valence-electron chi connectivity index (χ3n) is 5.53. The molecule has 3 aromatic rings. The van der Waals surface area contributed by atoms with E-state index in [1.54, 1.807) is 84.9 Å². The van der Waals surface area contributed by atoms with E-state index < -0.39 is 0 Å². The normalized spacial score (nSPS) is 15.3. The maximum absolute atomic E-state index is 12.8. The molecule has 0 fully saturated rings. The molecular formula is C27H24N2O4. The number of carbonyl (C=O) groups excluding carboxylic acids is 2. The van der Waals surface area contributed by atoms with Gasteiger partial charge in [0.15, 0.2) is 11.6 Å². The molecule has 0 radical (unpaired) electrons. The molecule has 6 heteroatoms. The van der Waals surface area contributed by atoms with Crippen molar-refractivity contribution in [3.05, 3.63) is 113 Å². The highest BCUT2D eigenvalue weighted by molar-refractivity contribution is 6.09. The van der Waals surface area contributed by atoms with Gasteiger partial charge in [0, 0.05) is 28.0 Å². The first-order valence-corrected chi connectivity index (χ1v) is 10.5. The minimum atomic E-state index is -0.115. The van der Waals surface area contributed by atoms with Crippen molar-refractivity contribution in [1.29, 1.82) is 0 Å². The summed E-state index contributed by atoms with van der Waals surface area (Å²) in [5.74, 6) is 6.74. The van der Waals surface area contributed by atoms with Crippen LogP contribution in [0.25, 0.3) is 0 Å². The van der Waals surface area contributed by atoms with E-state index in [2.05, 4.69) is 4.84 Å². The SMILES string of the molecule is CC1CC(N)=CC=C1C(=O)c1ccc(Oc2ccc(C(=O)c3ccc(ON)cc3)cc2)cc1. The van der Waals surface area contributed by atoms with Gasteiger partial charge in [0.05, 0.1) is 0 Å². The van der Waals surface area contributed by atoms with Crippen molar-refractivity contribution in [3.8, 4) is 17.2 Å². The number of allylic oxidation sites excluding steroid dienone is 4. The molecule has 1 atom stereocenters. The molecule has 166 valence electrons. The molecule has 6 nitrogen and oxygen atoms in total. The third kappa shape index (κ3) is 5.02. The molecule has 0 saturated heterocycles. The van der Waals surface area contributed by atoms with Crippen molar-refractivity contribution in [2.45, 2.75) is 13.3 Å². The Morgan fingerprint density at radius 1 is 0.727 bits per heavy atom. The van der Waals surface area contributed by atoms with Crippen LogP contribution in [0.1, 0.15) is 39.6 Å². The van der Waals surface area contributed by atoms with Crippen LogP contribution in [-0.4, -0.2) is 11.6 Å². The van der Waals surface area contributed by atoms with E-state index in [-0.39, 0.29) is 17.5 Å². The van der Waals surface area contributed by atoms with E-state index in [0.717, 1.165) is 11.3 Å². The van der Waals surface area contributed by atoms with Crippen LogP contribution in [0, 0.1) is 5.92 Å². The predicted molar refractivity (Wildman–Crippen MR) is 126 cm³/mol. The maximum Gasteiger partial charge on any atom is 0.193 e. The zero-order valence-electron chi connectivity index (χ0n) is 18.2. The number of carbonyl (C=O) groups is 2. The number of Topliss-reactive ketones (excluding diaryl/α,β-unsaturated/α-hetero) is 1. The molecule has 0 amide bonds. The maximum atomic E-state index is 12.8. The quantitative estimate of drug-likeness (QED) is 0.398. The van der Waals surface area contributed by atoms with Gasteiger partial charge < -0.3 is 15.3 Å². The molecule has 33 heavy (non-hydrogen) atoms. The molecule has 1 aliphatic rings. The molecule has 1 unspecified atom stereocenters. The fraction of sp³-hybridized carbons (Fsp3) is 0.111. The molecule has 0 spiro atoms. The average molecular weight is 440 g/mol. The van der Waals surface area contributed by atoms with Crippen molar-refractivity contribution in [1.82, 2.24) is 0 Å². The zero-order chi connectivity index (χ0) is 23.4. The molecule has 3 aromatic carbocycles. The van der Waals surface area contributed by atoms with Gasteiger partial charge in [0.1, 0.15) is 17.2 Å². The van der Waals surface area contributed by atoms with Crippen LogP contribution in [0.3, 0.4) is 0 Å². The Kier molecular flexibility index (Phi) is 6.38. The highest BCUT2D eigenvalue weighted by Gasteiger charge is 2.21. The second kappa shape index (κ2) is 9.54. The molecule has 0 heterocycles. The first kappa shape index (κ1) is 22.0. The van der Waals surface area contributed by atoms with Crippen molar-refractivity contribution in [3.63, 3.8) is 0 Å². The lowest BCUT2D eigenvalue weighted by atomic mass is 9.86. The summed E-state index contributed by atoms with van der Waals surface area (Å²) in [6.45, 7) is 2.00. The Balaban J connectivity index is 1.42. The van der Waals surface area contributed by atoms with Crippen LogP contribution in [0.5, 0.6) is 17.2 Å². The number of hydrogen-bond donors (Lipinski definition) is 2. The lowest BCUT2D eigenvalue weighted by molar-refractivity contribution is 0.102. The van der Waals surface area contributed by atoms with Gasteiger partial charge >= 0.3 is 0 Å². The standard InChI is InChI=1S/C27H24N2O4/c1-17-16-21(28)8-15-25(17)27(31)20-4-11-23(12-5-20)32-22-9-2-18(3-10-22)26(30)19-6-13-24(33-29)14-7-19/h2-15,17H,16,28-29H2,1H3. The fourth-order valence-electron chi connectivity index (χ4n) is 3.70. The highest BCUT2D eigenvalue weighted by Crippen LogP contribution is 2.28. The summed E-state index contributed by atoms with van der Waals surface area (Å²) >= 11 is 0. The topological polar surface area (TPSA) is 105 Å². The minimum absolute atomic E-state index is 0.00766. The summed E-state index contributed by atoms with van der Waals surface area (Å²) in [4.78, 5) is 30.1. The van der Waals surface area contributed by atoms with Crippen LogP contribution in [0.4, 0.5) is 0 Å². The highest BCUT2D eigenvalue weighted by atomic mass is 16.6. The number of ketones is 2. The van der Waals surface area contributed by atoms with Crippen molar-refractivity contribution < 1.29 is 19.2 Å². The van der Waals surface area contributed by atoms with E-state index in [0.29, 0.717) is 40.4 Å². The molecule has 0 saturated carbocycles. The average Bonchev–Trinajstić information content (AvgIpc) is 2.84. The summed E-state index contributed by atoms with van der Waals surface area (Å²) in [5, 5.41) is 0. The summed E-state index contributed by atoms with van der Waals surface area (Å²) < 4.78 is 5.87. The summed E-state index contributed by atoms with van der Waals surface area (Å²) in [6, 6.07) is 20.5. The smallest absolute Gasteiger partial charge is 0.193 e. The van der Waals surface area contributed by atoms with Crippen molar-refractivity contribution in [2.75, 3.05) is 0 Å². The zero-order valence-corrected chi connectivity index (χ0v) is 18.2. The molecule has 0 aromatic heterocycles. The summed E-state index contributed by atoms with van der Waals surface area (Å²) in [7, 11) is 0. The van der Waals surface area contributed by atoms with Crippen LogP contribution in [-0.2, 0) is 0 Å². The van der Waals surface area contributed by atoms with Crippen LogP contribution in [0.2, 0.25) is 0 Å². The molecule has 1 aliphatic carbocycles.